The molecule has 0 radical (unpaired) electrons. The number of nitrogens with one attached hydrogen (secondary N) is 1. The minimum absolute atomic E-state index is 0.0169. The molecule has 0 saturated carbocycles. The van der Waals surface area contributed by atoms with Gasteiger partial charge >= 0.3 is 0 Å². The van der Waals surface area contributed by atoms with Gasteiger partial charge in [-0.15, -0.1) is 0 Å². The highest BCUT2D eigenvalue weighted by Gasteiger charge is 2.42. The van der Waals surface area contributed by atoms with Crippen molar-refractivity contribution in [2.45, 2.75) is 44.3 Å². The standard InChI is InChI=1S/C23H27ClN2O3/c1-28-20-8-3-15(4-9-20)14-26-18-6-7-19(26)12-16(11-18)23(27)25-21-13-17(24)5-10-22(21)29-2/h3-5,8-10,13,16,18-19H,6-7,11-12,14H2,1-2H3,(H,25,27). The number of nitrogens with zero attached hydrogens (tertiary/aromatic N) is 1. The highest BCUT2D eigenvalue weighted by molar-refractivity contribution is 6.31. The number of methoxy groups -OCH3 is 2. The minimum Gasteiger partial charge on any atom is -0.497 e. The first-order valence-corrected chi connectivity index (χ1v) is 10.5. The van der Waals surface area contributed by atoms with Crippen LogP contribution in [0, 0.1) is 5.92 Å². The number of carbonyl (C=O) groups excluding carboxylic acids is 1. The Morgan fingerprint density at radius 3 is 2.38 bits per heavy atom. The summed E-state index contributed by atoms with van der Waals surface area (Å²) in [4.78, 5) is 15.5. The van der Waals surface area contributed by atoms with Gasteiger partial charge in [0.25, 0.3) is 0 Å². The Morgan fingerprint density at radius 1 is 1.07 bits per heavy atom. The molecule has 2 aliphatic rings. The molecule has 0 aliphatic carbocycles. The number of hydrogen-bond donors (Lipinski definition) is 1. The molecule has 0 aromatic heterocycles. The van der Waals surface area contributed by atoms with Crippen LogP contribution in [0.15, 0.2) is 42.5 Å². The lowest BCUT2D eigenvalue weighted by atomic mass is 9.89. The number of rotatable bonds is 6. The second-order valence-electron chi connectivity index (χ2n) is 7.91. The van der Waals surface area contributed by atoms with Gasteiger partial charge in [0.1, 0.15) is 11.5 Å². The first kappa shape index (κ1) is 20.0. The van der Waals surface area contributed by atoms with Crippen molar-refractivity contribution in [2.75, 3.05) is 19.5 Å². The summed E-state index contributed by atoms with van der Waals surface area (Å²) in [5, 5.41) is 3.62. The van der Waals surface area contributed by atoms with Crippen molar-refractivity contribution in [1.82, 2.24) is 4.90 Å². The fourth-order valence-electron chi connectivity index (χ4n) is 4.70. The van der Waals surface area contributed by atoms with Gasteiger partial charge in [-0.1, -0.05) is 23.7 Å². The average molecular weight is 415 g/mol. The lowest BCUT2D eigenvalue weighted by Gasteiger charge is -2.38. The highest BCUT2D eigenvalue weighted by atomic mass is 35.5. The summed E-state index contributed by atoms with van der Waals surface area (Å²) >= 11 is 6.09. The zero-order chi connectivity index (χ0) is 20.4. The lowest BCUT2D eigenvalue weighted by molar-refractivity contribution is -0.122. The SMILES string of the molecule is COc1ccc(CN2C3CCC2CC(C(=O)Nc2cc(Cl)ccc2OC)C3)cc1. The Bertz CT molecular complexity index is 857. The predicted octanol–water partition coefficient (Wildman–Crippen LogP) is 4.74. The molecule has 154 valence electrons. The predicted molar refractivity (Wildman–Crippen MR) is 115 cm³/mol. The van der Waals surface area contributed by atoms with Crippen molar-refractivity contribution in [1.29, 1.82) is 0 Å². The zero-order valence-corrected chi connectivity index (χ0v) is 17.6. The van der Waals surface area contributed by atoms with E-state index >= 15 is 0 Å². The smallest absolute Gasteiger partial charge is 0.227 e. The number of halogens is 1. The molecule has 2 bridgehead atoms. The molecule has 1 N–H and O–H groups in total. The second kappa shape index (κ2) is 8.64. The van der Waals surface area contributed by atoms with Crippen LogP contribution in [0.5, 0.6) is 11.5 Å². The number of amides is 1. The summed E-state index contributed by atoms with van der Waals surface area (Å²) in [6.45, 7) is 0.926. The molecule has 2 aromatic carbocycles. The van der Waals surface area contributed by atoms with E-state index < -0.39 is 0 Å². The third-order valence-electron chi connectivity index (χ3n) is 6.20. The Morgan fingerprint density at radius 2 is 1.76 bits per heavy atom. The maximum absolute atomic E-state index is 13.0. The van der Waals surface area contributed by atoms with Gasteiger partial charge < -0.3 is 14.8 Å². The summed E-state index contributed by atoms with van der Waals surface area (Å²) in [7, 11) is 3.28. The van der Waals surface area contributed by atoms with Gasteiger partial charge in [-0.3, -0.25) is 9.69 Å². The van der Waals surface area contributed by atoms with Crippen LogP contribution in [0.2, 0.25) is 5.02 Å². The normalized spacial score (nSPS) is 23.6. The molecule has 0 spiro atoms. The number of hydrogen-bond acceptors (Lipinski definition) is 4. The number of anilines is 1. The van der Waals surface area contributed by atoms with E-state index in [-0.39, 0.29) is 11.8 Å². The number of piperidine rings is 1. The van der Waals surface area contributed by atoms with E-state index in [0.717, 1.165) is 38.0 Å². The first-order chi connectivity index (χ1) is 14.1. The van der Waals surface area contributed by atoms with Gasteiger partial charge in [0, 0.05) is 29.6 Å². The van der Waals surface area contributed by atoms with Gasteiger partial charge in [-0.2, -0.15) is 0 Å². The molecule has 4 rings (SSSR count). The second-order valence-corrected chi connectivity index (χ2v) is 8.34. The Labute approximate surface area is 176 Å². The average Bonchev–Trinajstić information content (AvgIpc) is 2.95. The summed E-state index contributed by atoms with van der Waals surface area (Å²) in [5.74, 6) is 1.58. The molecule has 2 saturated heterocycles. The molecule has 2 heterocycles. The van der Waals surface area contributed by atoms with E-state index in [1.165, 1.54) is 5.56 Å². The number of ether oxygens (including phenoxy) is 2. The van der Waals surface area contributed by atoms with Crippen molar-refractivity contribution in [3.05, 3.63) is 53.1 Å². The molecule has 5 nitrogen and oxygen atoms in total. The van der Waals surface area contributed by atoms with Crippen LogP contribution in [-0.2, 0) is 11.3 Å². The fraction of sp³-hybridized carbons (Fsp3) is 0.435. The third kappa shape index (κ3) is 4.36. The molecular formula is C23H27ClN2O3. The van der Waals surface area contributed by atoms with Crippen molar-refractivity contribution in [3.63, 3.8) is 0 Å². The van der Waals surface area contributed by atoms with E-state index in [4.69, 9.17) is 21.1 Å². The Kier molecular flexibility index (Phi) is 5.97. The number of carbonyl (C=O) groups is 1. The highest BCUT2D eigenvalue weighted by Crippen LogP contribution is 2.40. The molecule has 2 atom stereocenters. The Balaban J connectivity index is 1.40. The maximum Gasteiger partial charge on any atom is 0.227 e. The van der Waals surface area contributed by atoms with Gasteiger partial charge in [-0.25, -0.2) is 0 Å². The van der Waals surface area contributed by atoms with Crippen molar-refractivity contribution < 1.29 is 14.3 Å². The number of benzene rings is 2. The van der Waals surface area contributed by atoms with Gasteiger partial charge in [0.15, 0.2) is 0 Å². The topological polar surface area (TPSA) is 50.8 Å². The van der Waals surface area contributed by atoms with Gasteiger partial charge in [-0.05, 0) is 61.6 Å². The summed E-state index contributed by atoms with van der Waals surface area (Å²) < 4.78 is 10.6. The monoisotopic (exact) mass is 414 g/mol. The van der Waals surface area contributed by atoms with Crippen LogP contribution in [-0.4, -0.2) is 37.1 Å². The molecule has 2 fully saturated rings. The van der Waals surface area contributed by atoms with Gasteiger partial charge in [0.2, 0.25) is 5.91 Å². The molecule has 2 unspecified atom stereocenters. The molecule has 29 heavy (non-hydrogen) atoms. The molecule has 1 amide bonds. The van der Waals surface area contributed by atoms with Crippen molar-refractivity contribution in [3.8, 4) is 11.5 Å². The Hall–Kier alpha value is -2.24. The molecular weight excluding hydrogens is 388 g/mol. The summed E-state index contributed by atoms with van der Waals surface area (Å²) in [5.41, 5.74) is 1.92. The quantitative estimate of drug-likeness (QED) is 0.741. The van der Waals surface area contributed by atoms with E-state index in [2.05, 4.69) is 22.3 Å². The minimum atomic E-state index is 0.0169. The van der Waals surface area contributed by atoms with Crippen LogP contribution < -0.4 is 14.8 Å². The summed E-state index contributed by atoms with van der Waals surface area (Å²) in [6, 6.07) is 14.5. The number of fused-ring (bicyclic) bond motifs is 2. The van der Waals surface area contributed by atoms with Crippen molar-refractivity contribution in [2.24, 2.45) is 5.92 Å². The van der Waals surface area contributed by atoms with E-state index in [1.54, 1.807) is 32.4 Å². The maximum atomic E-state index is 13.0. The van der Waals surface area contributed by atoms with E-state index in [1.807, 2.05) is 12.1 Å². The van der Waals surface area contributed by atoms with E-state index in [9.17, 15) is 4.79 Å². The van der Waals surface area contributed by atoms with Crippen molar-refractivity contribution >= 4 is 23.2 Å². The summed E-state index contributed by atoms with van der Waals surface area (Å²) in [6.07, 6.45) is 4.10. The molecule has 6 heteroatoms. The van der Waals surface area contributed by atoms with Gasteiger partial charge in [0.05, 0.1) is 19.9 Å². The van der Waals surface area contributed by atoms with Crippen LogP contribution in [0.3, 0.4) is 0 Å². The molecule has 2 aliphatic heterocycles. The zero-order valence-electron chi connectivity index (χ0n) is 16.9. The largest absolute Gasteiger partial charge is 0.497 e. The van der Waals surface area contributed by atoms with Crippen LogP contribution in [0.1, 0.15) is 31.2 Å². The van der Waals surface area contributed by atoms with Crippen LogP contribution in [0.25, 0.3) is 0 Å². The first-order valence-electron chi connectivity index (χ1n) is 10.1. The van der Waals surface area contributed by atoms with Crippen LogP contribution in [0.4, 0.5) is 5.69 Å². The van der Waals surface area contributed by atoms with Crippen LogP contribution >= 0.6 is 11.6 Å². The lowest BCUT2D eigenvalue weighted by Crippen LogP contribution is -2.45. The fourth-order valence-corrected chi connectivity index (χ4v) is 4.87. The van der Waals surface area contributed by atoms with E-state index in [0.29, 0.717) is 28.5 Å². The third-order valence-corrected chi connectivity index (χ3v) is 6.43. The molecule has 2 aromatic rings.